The summed E-state index contributed by atoms with van der Waals surface area (Å²) < 4.78 is 84.5. The zero-order valence-corrected chi connectivity index (χ0v) is 36.7. The molecule has 1 aliphatic rings. The monoisotopic (exact) mass is 862 g/mol. The fourth-order valence-electron chi connectivity index (χ4n) is 6.95. The number of hydrogen-bond donors (Lipinski definition) is 0. The highest BCUT2D eigenvalue weighted by atomic mass is 35.5. The molecule has 5 aromatic rings. The van der Waals surface area contributed by atoms with Crippen molar-refractivity contribution in [1.82, 2.24) is 0 Å². The Balaban J connectivity index is 1.46. The van der Waals surface area contributed by atoms with Gasteiger partial charge in [-0.15, -0.1) is 13.2 Å². The quantitative estimate of drug-likeness (QED) is 0.0863. The molecule has 320 valence electrons. The third-order valence-electron chi connectivity index (χ3n) is 11.3. The van der Waals surface area contributed by atoms with Crippen molar-refractivity contribution in [3.05, 3.63) is 172 Å². The number of alkyl halides is 3. The van der Waals surface area contributed by atoms with Gasteiger partial charge in [-0.1, -0.05) is 142 Å². The van der Waals surface area contributed by atoms with E-state index in [4.69, 9.17) is 39.7 Å². The zero-order valence-electron chi connectivity index (χ0n) is 34.9. The van der Waals surface area contributed by atoms with Gasteiger partial charge in [-0.05, 0) is 76.6 Å². The van der Waals surface area contributed by atoms with Crippen molar-refractivity contribution in [1.29, 1.82) is 0 Å². The Hall–Kier alpha value is -4.04. The summed E-state index contributed by atoms with van der Waals surface area (Å²) in [6.07, 6.45) is -7.58. The molecule has 0 spiro atoms. The minimum absolute atomic E-state index is 0.0902. The van der Waals surface area contributed by atoms with Crippen molar-refractivity contribution in [2.75, 3.05) is 13.7 Å². The van der Waals surface area contributed by atoms with Crippen LogP contribution >= 0.6 is 11.6 Å². The number of hydrogen-bond acceptors (Lipinski definition) is 7. The van der Waals surface area contributed by atoms with Crippen LogP contribution < -0.4 is 4.74 Å². The Kier molecular flexibility index (Phi) is 15.0. The first kappa shape index (κ1) is 45.5. The van der Waals surface area contributed by atoms with Crippen molar-refractivity contribution in [2.24, 2.45) is 0 Å². The fraction of sp³-hybridized carbons (Fsp3) is 0.375. The number of halogens is 4. The topological polar surface area (TPSA) is 64.6 Å². The highest BCUT2D eigenvalue weighted by molar-refractivity contribution is 6.74. The highest BCUT2D eigenvalue weighted by Gasteiger charge is 2.59. The van der Waals surface area contributed by atoms with Gasteiger partial charge in [0.25, 0.3) is 0 Å². The first-order valence-corrected chi connectivity index (χ1v) is 23.3. The van der Waals surface area contributed by atoms with E-state index in [1.165, 1.54) is 12.1 Å². The van der Waals surface area contributed by atoms with Crippen molar-refractivity contribution in [3.63, 3.8) is 0 Å². The van der Waals surface area contributed by atoms with Gasteiger partial charge in [0.2, 0.25) is 5.79 Å². The number of ether oxygens (including phenoxy) is 6. The van der Waals surface area contributed by atoms with Gasteiger partial charge in [0.1, 0.15) is 30.2 Å². The lowest BCUT2D eigenvalue weighted by Gasteiger charge is -2.52. The summed E-state index contributed by atoms with van der Waals surface area (Å²) in [5.41, 5.74) is 4.89. The van der Waals surface area contributed by atoms with Crippen LogP contribution in [0.2, 0.25) is 23.2 Å². The molecular weight excluding hydrogens is 809 g/mol. The van der Waals surface area contributed by atoms with Crippen LogP contribution in [0.5, 0.6) is 5.75 Å². The van der Waals surface area contributed by atoms with Crippen molar-refractivity contribution in [2.45, 2.75) is 102 Å². The number of benzene rings is 5. The Labute approximate surface area is 357 Å². The van der Waals surface area contributed by atoms with Gasteiger partial charge in [-0.2, -0.15) is 0 Å². The van der Waals surface area contributed by atoms with Crippen molar-refractivity contribution >= 4 is 19.9 Å². The molecule has 0 N–H and O–H groups in total. The normalized spacial score (nSPS) is 21.2. The molecule has 5 atom stereocenters. The third-order valence-corrected chi connectivity index (χ3v) is 16.1. The lowest BCUT2D eigenvalue weighted by atomic mass is 9.86. The summed E-state index contributed by atoms with van der Waals surface area (Å²) in [7, 11) is -0.744. The van der Waals surface area contributed by atoms with E-state index in [-0.39, 0.29) is 37.2 Å². The first-order valence-electron chi connectivity index (χ1n) is 20.0. The van der Waals surface area contributed by atoms with E-state index in [0.717, 1.165) is 22.3 Å². The van der Waals surface area contributed by atoms with Crippen LogP contribution in [0.1, 0.15) is 54.2 Å². The van der Waals surface area contributed by atoms with Gasteiger partial charge in [0.15, 0.2) is 8.32 Å². The zero-order chi connectivity index (χ0) is 43.0. The molecule has 0 amide bonds. The van der Waals surface area contributed by atoms with Gasteiger partial charge in [0, 0.05) is 17.7 Å². The third kappa shape index (κ3) is 11.7. The lowest BCUT2D eigenvalue weighted by Crippen LogP contribution is -2.66. The molecule has 1 aliphatic heterocycles. The van der Waals surface area contributed by atoms with Crippen LogP contribution in [0.4, 0.5) is 13.2 Å². The van der Waals surface area contributed by atoms with Gasteiger partial charge in [0.05, 0.1) is 26.4 Å². The summed E-state index contributed by atoms with van der Waals surface area (Å²) in [5, 5.41) is 0.365. The fourth-order valence-corrected chi connectivity index (χ4v) is 8.15. The SMILES string of the molecule is CO[C@@]1(c2ccc(Cl)c(Cc3ccc(OC(F)(F)F)cc3)c2)O[C@H](CO[Si](C)(C)C(C)(C)C)[C@@H](OCc2ccccc2)[C@H](OCc2ccccc2)[C@H]1OCc1ccccc1. The standard InChI is InChI=1S/C48H54ClF3O7Si/c1-46(2,3)60(5,6)57-33-42-43(54-30-35-16-10-7-11-17-35)44(55-31-36-18-12-8-13-19-36)45(56-32-37-20-14-9-15-21-37)47(53-4,59-42)39-24-27-41(49)38(29-39)28-34-22-25-40(26-23-34)58-48(50,51)52/h7-27,29,42-45H,28,30-33H2,1-6H3/t42-,43-,44+,45-,47+/m1/s1. The van der Waals surface area contributed by atoms with Crippen LogP contribution in [0.15, 0.2) is 133 Å². The Morgan fingerprint density at radius 2 is 1.18 bits per heavy atom. The van der Waals surface area contributed by atoms with Gasteiger partial charge >= 0.3 is 6.36 Å². The second-order valence-electron chi connectivity index (χ2n) is 16.5. The average Bonchev–Trinajstić information content (AvgIpc) is 3.22. The molecule has 0 aromatic heterocycles. The second-order valence-corrected chi connectivity index (χ2v) is 21.7. The summed E-state index contributed by atoms with van der Waals surface area (Å²) >= 11 is 6.86. The summed E-state index contributed by atoms with van der Waals surface area (Å²) in [6, 6.07) is 40.9. The maximum atomic E-state index is 12.9. The maximum Gasteiger partial charge on any atom is 0.573 e. The Morgan fingerprint density at radius 1 is 0.667 bits per heavy atom. The van der Waals surface area contributed by atoms with E-state index in [2.05, 4.69) is 38.6 Å². The van der Waals surface area contributed by atoms with Crippen LogP contribution in [-0.4, -0.2) is 52.8 Å². The molecule has 6 rings (SSSR count). The molecule has 0 radical (unpaired) electrons. The van der Waals surface area contributed by atoms with E-state index in [1.54, 1.807) is 25.3 Å². The molecule has 1 heterocycles. The first-order chi connectivity index (χ1) is 28.6. The second kappa shape index (κ2) is 19.8. The van der Waals surface area contributed by atoms with E-state index in [1.807, 2.05) is 103 Å². The van der Waals surface area contributed by atoms with Gasteiger partial charge < -0.3 is 32.8 Å². The van der Waals surface area contributed by atoms with Crippen LogP contribution in [0.3, 0.4) is 0 Å². The molecule has 7 nitrogen and oxygen atoms in total. The summed E-state index contributed by atoms with van der Waals surface area (Å²) in [6.45, 7) is 11.9. The Bertz CT molecular complexity index is 2080. The van der Waals surface area contributed by atoms with E-state index >= 15 is 0 Å². The molecule has 0 saturated carbocycles. The van der Waals surface area contributed by atoms with Crippen molar-refractivity contribution in [3.8, 4) is 5.75 Å². The maximum absolute atomic E-state index is 12.9. The van der Waals surface area contributed by atoms with Crippen LogP contribution in [0, 0.1) is 0 Å². The van der Waals surface area contributed by atoms with E-state index < -0.39 is 44.9 Å². The summed E-state index contributed by atoms with van der Waals surface area (Å²) in [4.78, 5) is 0. The van der Waals surface area contributed by atoms with Gasteiger partial charge in [-0.25, -0.2) is 0 Å². The lowest BCUT2D eigenvalue weighted by molar-refractivity contribution is -0.384. The minimum atomic E-state index is -4.80. The summed E-state index contributed by atoms with van der Waals surface area (Å²) in [5.74, 6) is -1.90. The van der Waals surface area contributed by atoms with Gasteiger partial charge in [-0.3, -0.25) is 0 Å². The highest BCUT2D eigenvalue weighted by Crippen LogP contribution is 2.46. The van der Waals surface area contributed by atoms with Crippen LogP contribution in [-0.2, 0) is 60.1 Å². The van der Waals surface area contributed by atoms with E-state index in [0.29, 0.717) is 22.6 Å². The van der Waals surface area contributed by atoms with E-state index in [9.17, 15) is 13.2 Å². The minimum Gasteiger partial charge on any atom is -0.414 e. The molecule has 5 aromatic carbocycles. The molecule has 0 unspecified atom stereocenters. The molecule has 12 heteroatoms. The predicted molar refractivity (Wildman–Crippen MR) is 229 cm³/mol. The average molecular weight is 863 g/mol. The molecule has 60 heavy (non-hydrogen) atoms. The molecular formula is C48H54ClF3O7Si. The largest absolute Gasteiger partial charge is 0.573 e. The smallest absolute Gasteiger partial charge is 0.414 e. The molecule has 0 bridgehead atoms. The molecule has 0 aliphatic carbocycles. The molecule has 1 saturated heterocycles. The van der Waals surface area contributed by atoms with Crippen molar-refractivity contribution < 1.29 is 46.0 Å². The number of methoxy groups -OCH3 is 1. The number of rotatable bonds is 17. The molecule has 1 fully saturated rings. The predicted octanol–water partition coefficient (Wildman–Crippen LogP) is 11.8. The van der Waals surface area contributed by atoms with Crippen LogP contribution in [0.25, 0.3) is 0 Å². The Morgan fingerprint density at radius 3 is 1.68 bits per heavy atom.